The molecule has 0 spiro atoms. The van der Waals surface area contributed by atoms with E-state index in [1.54, 1.807) is 0 Å². The summed E-state index contributed by atoms with van der Waals surface area (Å²) in [6.45, 7) is -0.308. The number of aliphatic hydroxyl groups is 1. The predicted molar refractivity (Wildman–Crippen MR) is 85.0 cm³/mol. The van der Waals surface area contributed by atoms with Crippen LogP contribution in [0.15, 0.2) is 47.4 Å². The lowest BCUT2D eigenvalue weighted by Crippen LogP contribution is -2.46. The molecule has 0 radical (unpaired) electrons. The van der Waals surface area contributed by atoms with Crippen LogP contribution in [0.4, 0.5) is 8.78 Å². The molecule has 0 aliphatic heterocycles. The van der Waals surface area contributed by atoms with E-state index in [9.17, 15) is 22.3 Å². The lowest BCUT2D eigenvalue weighted by Gasteiger charge is -2.33. The Labute approximate surface area is 139 Å². The topological polar surface area (TPSA) is 66.4 Å². The smallest absolute Gasteiger partial charge is 0.246 e. The van der Waals surface area contributed by atoms with Crippen molar-refractivity contribution < 1.29 is 22.3 Å². The normalized spacial score (nSPS) is 20.6. The van der Waals surface area contributed by atoms with Crippen LogP contribution in [0, 0.1) is 11.6 Å². The van der Waals surface area contributed by atoms with Crippen LogP contribution in [0.25, 0.3) is 0 Å². The Balaban J connectivity index is 1.78. The van der Waals surface area contributed by atoms with Crippen LogP contribution < -0.4 is 4.72 Å². The van der Waals surface area contributed by atoms with Crippen molar-refractivity contribution in [1.82, 2.24) is 4.72 Å². The van der Waals surface area contributed by atoms with Crippen molar-refractivity contribution in [3.8, 4) is 0 Å². The monoisotopic (exact) mass is 353 g/mol. The number of halogens is 2. The minimum atomic E-state index is -4.40. The first-order valence-electron chi connectivity index (χ1n) is 7.54. The van der Waals surface area contributed by atoms with Gasteiger partial charge in [0.2, 0.25) is 10.0 Å². The molecule has 0 bridgehead atoms. The molecule has 0 fully saturated rings. The van der Waals surface area contributed by atoms with Gasteiger partial charge in [-0.3, -0.25) is 0 Å². The van der Waals surface area contributed by atoms with Gasteiger partial charge in [0.1, 0.15) is 11.6 Å². The van der Waals surface area contributed by atoms with Crippen molar-refractivity contribution in [3.63, 3.8) is 0 Å². The van der Waals surface area contributed by atoms with Gasteiger partial charge in [-0.2, -0.15) is 0 Å². The van der Waals surface area contributed by atoms with Gasteiger partial charge in [-0.15, -0.1) is 0 Å². The number of fused-ring (bicyclic) bond motifs is 1. The fourth-order valence-electron chi connectivity index (χ4n) is 2.98. The molecule has 24 heavy (non-hydrogen) atoms. The van der Waals surface area contributed by atoms with Gasteiger partial charge in [-0.25, -0.2) is 21.9 Å². The molecule has 3 rings (SSSR count). The largest absolute Gasteiger partial charge is 0.388 e. The molecule has 1 aliphatic carbocycles. The second-order valence-electron chi connectivity index (χ2n) is 6.05. The zero-order valence-electron chi connectivity index (χ0n) is 12.8. The molecule has 1 unspecified atom stereocenters. The third kappa shape index (κ3) is 3.33. The van der Waals surface area contributed by atoms with Crippen LogP contribution >= 0.6 is 0 Å². The summed E-state index contributed by atoms with van der Waals surface area (Å²) in [6.07, 6.45) is 1.26. The summed E-state index contributed by atoms with van der Waals surface area (Å²) in [5.74, 6) is -2.33. The average molecular weight is 353 g/mol. The Morgan fingerprint density at radius 1 is 1.04 bits per heavy atom. The van der Waals surface area contributed by atoms with E-state index in [1.165, 1.54) is 0 Å². The molecule has 1 aliphatic rings. The quantitative estimate of drug-likeness (QED) is 0.885. The number of rotatable bonds is 4. The molecule has 4 nitrogen and oxygen atoms in total. The van der Waals surface area contributed by atoms with Gasteiger partial charge in [0.05, 0.1) is 5.60 Å². The molecule has 0 heterocycles. The zero-order chi connectivity index (χ0) is 17.4. The molecule has 2 N–H and O–H groups in total. The van der Waals surface area contributed by atoms with Crippen LogP contribution in [0.5, 0.6) is 0 Å². The van der Waals surface area contributed by atoms with Gasteiger partial charge in [-0.05, 0) is 36.1 Å². The average Bonchev–Trinajstić information content (AvgIpc) is 2.53. The standard InChI is InChI=1S/C17H17F2NO3S/c18-14-6-3-7-15(19)16(14)24(22,23)20-11-17(21)9-8-12-4-1-2-5-13(12)10-17/h1-7,20-21H,8-11H2. The van der Waals surface area contributed by atoms with Crippen LogP contribution in [0.1, 0.15) is 17.5 Å². The van der Waals surface area contributed by atoms with Gasteiger partial charge >= 0.3 is 0 Å². The highest BCUT2D eigenvalue weighted by molar-refractivity contribution is 7.89. The molecular weight excluding hydrogens is 336 g/mol. The molecule has 7 heteroatoms. The Bertz CT molecular complexity index is 850. The van der Waals surface area contributed by atoms with E-state index in [0.29, 0.717) is 12.8 Å². The molecule has 2 aromatic rings. The Kier molecular flexibility index (Phi) is 4.42. The van der Waals surface area contributed by atoms with E-state index < -0.39 is 32.2 Å². The van der Waals surface area contributed by atoms with Crippen LogP contribution in [-0.2, 0) is 22.9 Å². The number of nitrogens with one attached hydrogen (secondary N) is 1. The van der Waals surface area contributed by atoms with Gasteiger partial charge in [0.15, 0.2) is 4.90 Å². The maximum absolute atomic E-state index is 13.7. The lowest BCUT2D eigenvalue weighted by atomic mass is 9.80. The second-order valence-corrected chi connectivity index (χ2v) is 7.75. The van der Waals surface area contributed by atoms with Gasteiger partial charge in [0.25, 0.3) is 0 Å². The van der Waals surface area contributed by atoms with Crippen LogP contribution in [0.2, 0.25) is 0 Å². The number of sulfonamides is 1. The summed E-state index contributed by atoms with van der Waals surface area (Å²) in [5, 5.41) is 10.7. The van der Waals surface area contributed by atoms with Crippen molar-refractivity contribution in [1.29, 1.82) is 0 Å². The van der Waals surface area contributed by atoms with E-state index >= 15 is 0 Å². The fraction of sp³-hybridized carbons (Fsp3) is 0.294. The Morgan fingerprint density at radius 3 is 2.33 bits per heavy atom. The Morgan fingerprint density at radius 2 is 1.67 bits per heavy atom. The van der Waals surface area contributed by atoms with E-state index in [1.807, 2.05) is 24.3 Å². The van der Waals surface area contributed by atoms with E-state index in [-0.39, 0.29) is 13.0 Å². The minimum Gasteiger partial charge on any atom is -0.388 e. The molecule has 0 saturated heterocycles. The number of hydrogen-bond acceptors (Lipinski definition) is 3. The van der Waals surface area contributed by atoms with Crippen molar-refractivity contribution in [2.45, 2.75) is 29.8 Å². The van der Waals surface area contributed by atoms with E-state index in [0.717, 1.165) is 29.3 Å². The minimum absolute atomic E-state index is 0.283. The maximum atomic E-state index is 13.7. The Hall–Kier alpha value is -1.83. The molecule has 0 saturated carbocycles. The first-order valence-corrected chi connectivity index (χ1v) is 9.02. The van der Waals surface area contributed by atoms with Crippen molar-refractivity contribution >= 4 is 10.0 Å². The highest BCUT2D eigenvalue weighted by Crippen LogP contribution is 2.29. The first-order chi connectivity index (χ1) is 11.3. The summed E-state index contributed by atoms with van der Waals surface area (Å²) < 4.78 is 53.9. The van der Waals surface area contributed by atoms with E-state index in [4.69, 9.17) is 0 Å². The summed E-state index contributed by atoms with van der Waals surface area (Å²) >= 11 is 0. The number of hydrogen-bond donors (Lipinski definition) is 2. The van der Waals surface area contributed by atoms with Crippen LogP contribution in [0.3, 0.4) is 0 Å². The lowest BCUT2D eigenvalue weighted by molar-refractivity contribution is 0.0317. The van der Waals surface area contributed by atoms with Crippen molar-refractivity contribution in [2.24, 2.45) is 0 Å². The van der Waals surface area contributed by atoms with Gasteiger partial charge < -0.3 is 5.11 Å². The second kappa shape index (κ2) is 6.23. The van der Waals surface area contributed by atoms with Gasteiger partial charge in [-0.1, -0.05) is 30.3 Å². The third-order valence-electron chi connectivity index (χ3n) is 4.28. The summed E-state index contributed by atoms with van der Waals surface area (Å²) in [4.78, 5) is -1.02. The summed E-state index contributed by atoms with van der Waals surface area (Å²) in [5.41, 5.74) is 0.774. The van der Waals surface area contributed by atoms with Gasteiger partial charge in [0, 0.05) is 13.0 Å². The summed E-state index contributed by atoms with van der Waals surface area (Å²) in [6, 6.07) is 10.5. The molecule has 2 aromatic carbocycles. The highest BCUT2D eigenvalue weighted by atomic mass is 32.2. The van der Waals surface area contributed by atoms with E-state index in [2.05, 4.69) is 4.72 Å². The molecule has 0 amide bonds. The molecule has 128 valence electrons. The molecule has 1 atom stereocenters. The van der Waals surface area contributed by atoms with Crippen molar-refractivity contribution in [2.75, 3.05) is 6.54 Å². The predicted octanol–water partition coefficient (Wildman–Crippen LogP) is 2.16. The number of benzene rings is 2. The first kappa shape index (κ1) is 17.0. The molecule has 0 aromatic heterocycles. The fourth-order valence-corrected chi connectivity index (χ4v) is 4.23. The third-order valence-corrected chi connectivity index (χ3v) is 5.73. The zero-order valence-corrected chi connectivity index (χ0v) is 13.6. The summed E-state index contributed by atoms with van der Waals surface area (Å²) in [7, 11) is -4.40. The molecular formula is C17H17F2NO3S. The highest BCUT2D eigenvalue weighted by Gasteiger charge is 2.34. The van der Waals surface area contributed by atoms with Crippen LogP contribution in [-0.4, -0.2) is 25.7 Å². The number of aryl methyl sites for hydroxylation is 1. The van der Waals surface area contributed by atoms with Crippen molar-refractivity contribution in [3.05, 3.63) is 65.2 Å². The maximum Gasteiger partial charge on any atom is 0.246 e. The SMILES string of the molecule is O=S(=O)(NCC1(O)CCc2ccccc2C1)c1c(F)cccc1F.